The smallest absolute Gasteiger partial charge is 0.259 e. The Hall–Kier alpha value is -2.77. The minimum absolute atomic E-state index is 0.110. The number of nitrogens with zero attached hydrogens (tertiary/aromatic N) is 2. The van der Waals surface area contributed by atoms with Gasteiger partial charge in [0.2, 0.25) is 10.0 Å². The van der Waals surface area contributed by atoms with Gasteiger partial charge in [-0.1, -0.05) is 60.2 Å². The highest BCUT2D eigenvalue weighted by molar-refractivity contribution is 7.89. The molecular formula is C21H22N2O4S. The topological polar surface area (TPSA) is 80.5 Å². The highest BCUT2D eigenvalue weighted by Gasteiger charge is 2.40. The second-order valence-electron chi connectivity index (χ2n) is 6.99. The van der Waals surface area contributed by atoms with Crippen LogP contribution in [0.25, 0.3) is 5.57 Å². The van der Waals surface area contributed by atoms with Crippen molar-refractivity contribution >= 4 is 15.6 Å². The van der Waals surface area contributed by atoms with E-state index in [9.17, 15) is 18.5 Å². The molecule has 1 atom stereocenters. The number of benzene rings is 2. The maximum atomic E-state index is 13.1. The minimum atomic E-state index is -3.86. The lowest BCUT2D eigenvalue weighted by Gasteiger charge is -2.33. The van der Waals surface area contributed by atoms with Crippen LogP contribution >= 0.6 is 0 Å². The second-order valence-corrected chi connectivity index (χ2v) is 8.93. The maximum absolute atomic E-state index is 13.1. The Morgan fingerprint density at radius 3 is 2.29 bits per heavy atom. The van der Waals surface area contributed by atoms with E-state index in [4.69, 9.17) is 0 Å². The van der Waals surface area contributed by atoms with Gasteiger partial charge in [0.15, 0.2) is 0 Å². The van der Waals surface area contributed by atoms with Crippen molar-refractivity contribution in [2.75, 3.05) is 13.1 Å². The van der Waals surface area contributed by atoms with E-state index in [1.54, 1.807) is 31.2 Å². The van der Waals surface area contributed by atoms with Crippen LogP contribution in [0.1, 0.15) is 18.1 Å². The van der Waals surface area contributed by atoms with Crippen molar-refractivity contribution in [2.24, 2.45) is 5.92 Å². The summed E-state index contributed by atoms with van der Waals surface area (Å²) in [5, 5.41) is 11.9. The maximum Gasteiger partial charge on any atom is 0.265 e. The molecule has 2 aromatic carbocycles. The van der Waals surface area contributed by atoms with E-state index in [0.29, 0.717) is 11.1 Å². The number of aryl methyl sites for hydroxylation is 1. The Bertz CT molecular complexity index is 1040. The lowest BCUT2D eigenvalue weighted by atomic mass is 9.84. The molecule has 0 N–H and O–H groups in total. The Labute approximate surface area is 165 Å². The van der Waals surface area contributed by atoms with Crippen molar-refractivity contribution in [3.63, 3.8) is 0 Å². The van der Waals surface area contributed by atoms with Crippen molar-refractivity contribution in [1.82, 2.24) is 4.31 Å². The molecule has 0 radical (unpaired) electrons. The zero-order valence-electron chi connectivity index (χ0n) is 15.8. The molecule has 3 rings (SSSR count). The third-order valence-corrected chi connectivity index (χ3v) is 6.76. The molecule has 0 spiro atoms. The van der Waals surface area contributed by atoms with Gasteiger partial charge in [0.05, 0.1) is 9.82 Å². The summed E-state index contributed by atoms with van der Waals surface area (Å²) in [5.74, 6) is -0.461. The molecule has 0 fully saturated rings. The summed E-state index contributed by atoms with van der Waals surface area (Å²) in [6.45, 7) is 7.45. The molecule has 6 nitrogen and oxygen atoms in total. The first kappa shape index (κ1) is 20.0. The third-order valence-electron chi connectivity index (χ3n) is 4.93. The van der Waals surface area contributed by atoms with Crippen LogP contribution < -0.4 is 0 Å². The lowest BCUT2D eigenvalue weighted by molar-refractivity contribution is -0.427. The molecule has 0 aliphatic carbocycles. The largest absolute Gasteiger partial charge is 0.265 e. The molecule has 1 aliphatic rings. The Morgan fingerprint density at radius 1 is 1.14 bits per heavy atom. The molecule has 7 heteroatoms. The highest BCUT2D eigenvalue weighted by atomic mass is 32.2. The van der Waals surface area contributed by atoms with Crippen molar-refractivity contribution < 1.29 is 13.3 Å². The molecule has 1 aliphatic heterocycles. The van der Waals surface area contributed by atoms with Gasteiger partial charge in [-0.05, 0) is 31.5 Å². The molecule has 1 unspecified atom stereocenters. The molecule has 0 bridgehead atoms. The van der Waals surface area contributed by atoms with Crippen molar-refractivity contribution in [3.8, 4) is 0 Å². The van der Waals surface area contributed by atoms with Crippen LogP contribution in [0.4, 0.5) is 0 Å². The van der Waals surface area contributed by atoms with Gasteiger partial charge in [-0.15, -0.1) is 0 Å². The molecular weight excluding hydrogens is 376 g/mol. The Kier molecular flexibility index (Phi) is 5.49. The van der Waals surface area contributed by atoms with E-state index in [0.717, 1.165) is 11.1 Å². The average molecular weight is 398 g/mol. The lowest BCUT2D eigenvalue weighted by Crippen LogP contribution is -2.42. The molecule has 0 saturated heterocycles. The zero-order valence-corrected chi connectivity index (χ0v) is 16.6. The SMILES string of the molecule is C=C(C)C1CN(S(=O)(=O)c2ccc(C)cc2)CC([N+](=O)[O-])=C1c1ccccc1. The predicted molar refractivity (Wildman–Crippen MR) is 109 cm³/mol. The first-order valence-electron chi connectivity index (χ1n) is 8.87. The van der Waals surface area contributed by atoms with Crippen LogP contribution in [0.2, 0.25) is 0 Å². The van der Waals surface area contributed by atoms with Crippen LogP contribution in [0.15, 0.2) is 77.3 Å². The summed E-state index contributed by atoms with van der Waals surface area (Å²) >= 11 is 0. The summed E-state index contributed by atoms with van der Waals surface area (Å²) in [7, 11) is -3.86. The van der Waals surface area contributed by atoms with Gasteiger partial charge in [0.25, 0.3) is 5.70 Å². The van der Waals surface area contributed by atoms with E-state index in [1.165, 1.54) is 16.4 Å². The quantitative estimate of drug-likeness (QED) is 0.435. The molecule has 1 heterocycles. The van der Waals surface area contributed by atoms with E-state index in [2.05, 4.69) is 6.58 Å². The van der Waals surface area contributed by atoms with Crippen LogP contribution in [-0.2, 0) is 10.0 Å². The van der Waals surface area contributed by atoms with Gasteiger partial charge in [0, 0.05) is 18.0 Å². The van der Waals surface area contributed by atoms with Crippen molar-refractivity contribution in [3.05, 3.63) is 93.7 Å². The molecule has 28 heavy (non-hydrogen) atoms. The highest BCUT2D eigenvalue weighted by Crippen LogP contribution is 2.37. The number of sulfonamides is 1. The summed E-state index contributed by atoms with van der Waals surface area (Å²) < 4.78 is 27.4. The van der Waals surface area contributed by atoms with Crippen LogP contribution in [0.3, 0.4) is 0 Å². The monoisotopic (exact) mass is 398 g/mol. The summed E-state index contributed by atoms with van der Waals surface area (Å²) in [6.07, 6.45) is 0. The van der Waals surface area contributed by atoms with Crippen molar-refractivity contribution in [2.45, 2.75) is 18.7 Å². The molecule has 2 aromatic rings. The number of hydrogen-bond acceptors (Lipinski definition) is 4. The predicted octanol–water partition coefficient (Wildman–Crippen LogP) is 3.88. The first-order valence-corrected chi connectivity index (χ1v) is 10.3. The summed E-state index contributed by atoms with van der Waals surface area (Å²) in [4.78, 5) is 11.5. The second kappa shape index (κ2) is 7.69. The molecule has 0 saturated carbocycles. The van der Waals surface area contributed by atoms with Gasteiger partial charge < -0.3 is 0 Å². The minimum Gasteiger partial charge on any atom is -0.259 e. The number of nitro groups is 1. The van der Waals surface area contributed by atoms with Gasteiger partial charge in [-0.25, -0.2) is 8.42 Å². The van der Waals surface area contributed by atoms with Gasteiger partial charge in [-0.2, -0.15) is 4.31 Å². The van der Waals surface area contributed by atoms with Gasteiger partial charge >= 0.3 is 0 Å². The fourth-order valence-electron chi connectivity index (χ4n) is 3.40. The number of rotatable bonds is 5. The summed E-state index contributed by atoms with van der Waals surface area (Å²) in [6, 6.07) is 15.6. The third kappa shape index (κ3) is 3.76. The van der Waals surface area contributed by atoms with Gasteiger partial charge in [-0.3, -0.25) is 10.1 Å². The zero-order chi connectivity index (χ0) is 20.5. The van der Waals surface area contributed by atoms with E-state index < -0.39 is 20.9 Å². The standard InChI is InChI=1S/C21H22N2O4S/c1-15(2)19-13-22(28(26,27)18-11-9-16(3)10-12-18)14-20(23(24)25)21(19)17-7-5-4-6-8-17/h4-12,19H,1,13-14H2,2-3H3. The fraction of sp³-hybridized carbons (Fsp3) is 0.238. The molecule has 0 aromatic heterocycles. The van der Waals surface area contributed by atoms with E-state index in [1.807, 2.05) is 25.1 Å². The van der Waals surface area contributed by atoms with Gasteiger partial charge in [0.1, 0.15) is 6.54 Å². The Balaban J connectivity index is 2.12. The van der Waals surface area contributed by atoms with Crippen LogP contribution in [0, 0.1) is 23.0 Å². The molecule has 0 amide bonds. The average Bonchev–Trinajstić information content (AvgIpc) is 2.67. The first-order chi connectivity index (χ1) is 13.2. The fourth-order valence-corrected chi connectivity index (χ4v) is 4.81. The Morgan fingerprint density at radius 2 is 1.75 bits per heavy atom. The van der Waals surface area contributed by atoms with Crippen LogP contribution in [-0.4, -0.2) is 30.7 Å². The normalized spacial score (nSPS) is 18.1. The van der Waals surface area contributed by atoms with E-state index in [-0.39, 0.29) is 23.7 Å². The van der Waals surface area contributed by atoms with E-state index >= 15 is 0 Å². The molecule has 146 valence electrons. The number of hydrogen-bond donors (Lipinski definition) is 0. The van der Waals surface area contributed by atoms with Crippen LogP contribution in [0.5, 0.6) is 0 Å². The van der Waals surface area contributed by atoms with Crippen molar-refractivity contribution in [1.29, 1.82) is 0 Å². The summed E-state index contributed by atoms with van der Waals surface area (Å²) in [5.41, 5.74) is 2.76.